The van der Waals surface area contributed by atoms with Crippen LogP contribution in [-0.2, 0) is 10.2 Å². The van der Waals surface area contributed by atoms with Crippen molar-refractivity contribution in [3.05, 3.63) is 64.9 Å². The third kappa shape index (κ3) is 2.34. The van der Waals surface area contributed by atoms with Crippen molar-refractivity contribution >= 4 is 5.91 Å². The van der Waals surface area contributed by atoms with Crippen molar-refractivity contribution in [2.24, 2.45) is 5.41 Å². The van der Waals surface area contributed by atoms with Gasteiger partial charge in [-0.05, 0) is 60.4 Å². The smallest absolute Gasteiger partial charge is 0.235 e. The Balaban J connectivity index is 1.36. The molecule has 3 aromatic rings. The molecule has 6 nitrogen and oxygen atoms in total. The normalized spacial score (nSPS) is 25.6. The second-order valence-electron chi connectivity index (χ2n) is 10.1. The van der Waals surface area contributed by atoms with Gasteiger partial charge in [0, 0.05) is 30.3 Å². The number of halogens is 1. The highest BCUT2D eigenvalue weighted by molar-refractivity contribution is 5.92. The average Bonchev–Trinajstić information content (AvgIpc) is 3.33. The summed E-state index contributed by atoms with van der Waals surface area (Å²) in [5.74, 6) is 0.365. The van der Waals surface area contributed by atoms with Crippen molar-refractivity contribution in [3.8, 4) is 11.3 Å². The van der Waals surface area contributed by atoms with E-state index in [2.05, 4.69) is 34.2 Å². The lowest BCUT2D eigenvalue weighted by molar-refractivity contribution is -0.145. The van der Waals surface area contributed by atoms with Crippen LogP contribution in [0.5, 0.6) is 0 Å². The molecule has 1 N–H and O–H groups in total. The average molecular weight is 432 g/mol. The van der Waals surface area contributed by atoms with Crippen molar-refractivity contribution in [2.75, 3.05) is 13.1 Å². The number of carbonyl (C=O) groups excluding carboxylic acids is 1. The lowest BCUT2D eigenvalue weighted by atomic mass is 9.67. The van der Waals surface area contributed by atoms with Gasteiger partial charge in [-0.1, -0.05) is 26.0 Å². The number of nitrogens with zero attached hydrogens (tertiary/aromatic N) is 4. The maximum absolute atomic E-state index is 14.4. The number of rotatable bonds is 3. The van der Waals surface area contributed by atoms with Crippen LogP contribution in [-0.4, -0.2) is 44.3 Å². The Morgan fingerprint density at radius 1 is 1.22 bits per heavy atom. The summed E-state index contributed by atoms with van der Waals surface area (Å²) in [4.78, 5) is 15.9. The zero-order chi connectivity index (χ0) is 22.3. The van der Waals surface area contributed by atoms with Crippen LogP contribution in [0.2, 0.25) is 0 Å². The highest BCUT2D eigenvalue weighted by Gasteiger charge is 2.68. The number of hydrogen-bond acceptors (Lipinski definition) is 4. The van der Waals surface area contributed by atoms with Crippen molar-refractivity contribution in [3.63, 3.8) is 0 Å². The number of hydrogen-bond donors (Lipinski definition) is 1. The maximum Gasteiger partial charge on any atom is 0.235 e. The number of aromatic amines is 1. The summed E-state index contributed by atoms with van der Waals surface area (Å²) in [5.41, 5.74) is 4.17. The number of benzene rings is 1. The van der Waals surface area contributed by atoms with Gasteiger partial charge in [-0.25, -0.2) is 4.39 Å². The van der Waals surface area contributed by atoms with Gasteiger partial charge in [0.25, 0.3) is 0 Å². The molecule has 2 aromatic heterocycles. The van der Waals surface area contributed by atoms with Gasteiger partial charge in [0.1, 0.15) is 5.82 Å². The van der Waals surface area contributed by atoms with E-state index in [1.807, 2.05) is 24.1 Å². The van der Waals surface area contributed by atoms with Crippen LogP contribution in [0.4, 0.5) is 4.39 Å². The summed E-state index contributed by atoms with van der Waals surface area (Å²) in [6, 6.07) is 8.60. The number of fused-ring (bicyclic) bond motifs is 5. The highest BCUT2D eigenvalue weighted by atomic mass is 19.1. The number of H-pyrrole nitrogens is 1. The van der Waals surface area contributed by atoms with Crippen LogP contribution < -0.4 is 0 Å². The molecule has 32 heavy (non-hydrogen) atoms. The molecule has 1 saturated carbocycles. The SMILES string of the molecule is Cc1cn[nH]c1C1CN(C(=O)[C@]23CCC(c4cc(-c5ccccc5F)nnc42)C3(C)C)C1. The van der Waals surface area contributed by atoms with E-state index in [4.69, 9.17) is 0 Å². The van der Waals surface area contributed by atoms with Gasteiger partial charge in [0.2, 0.25) is 5.91 Å². The maximum atomic E-state index is 14.4. The molecular weight excluding hydrogens is 405 g/mol. The lowest BCUT2D eigenvalue weighted by Crippen LogP contribution is -2.58. The van der Waals surface area contributed by atoms with Crippen LogP contribution in [0, 0.1) is 18.2 Å². The van der Waals surface area contributed by atoms with Crippen LogP contribution in [0.25, 0.3) is 11.3 Å². The highest BCUT2D eigenvalue weighted by Crippen LogP contribution is 2.68. The molecule has 1 aliphatic heterocycles. The van der Waals surface area contributed by atoms with Crippen LogP contribution >= 0.6 is 0 Å². The second kappa shape index (κ2) is 6.47. The fraction of sp³-hybridized carbons (Fsp3) is 0.440. The molecular formula is C25H26FN5O. The van der Waals surface area contributed by atoms with Crippen molar-refractivity contribution in [1.29, 1.82) is 0 Å². The monoisotopic (exact) mass is 431 g/mol. The third-order valence-electron chi connectivity index (χ3n) is 8.34. The van der Waals surface area contributed by atoms with Gasteiger partial charge in [-0.2, -0.15) is 15.3 Å². The van der Waals surface area contributed by atoms with E-state index >= 15 is 0 Å². The first-order valence-electron chi connectivity index (χ1n) is 11.3. The molecule has 6 rings (SSSR count). The Hall–Kier alpha value is -3.09. The van der Waals surface area contributed by atoms with E-state index < -0.39 is 5.41 Å². The molecule has 1 amide bonds. The van der Waals surface area contributed by atoms with Crippen LogP contribution in [0.3, 0.4) is 0 Å². The Morgan fingerprint density at radius 3 is 2.72 bits per heavy atom. The van der Waals surface area contributed by atoms with Crippen LogP contribution in [0.15, 0.2) is 36.5 Å². The largest absolute Gasteiger partial charge is 0.340 e. The molecule has 2 atom stereocenters. The number of likely N-dealkylation sites (tertiary alicyclic amines) is 1. The predicted octanol–water partition coefficient (Wildman–Crippen LogP) is 4.10. The fourth-order valence-corrected chi connectivity index (χ4v) is 6.46. The van der Waals surface area contributed by atoms with E-state index in [0.717, 1.165) is 35.4 Å². The summed E-state index contributed by atoms with van der Waals surface area (Å²) in [6.45, 7) is 7.80. The number of amides is 1. The quantitative estimate of drug-likeness (QED) is 0.678. The van der Waals surface area contributed by atoms with Gasteiger partial charge in [-0.15, -0.1) is 0 Å². The molecule has 0 radical (unpaired) electrons. The Labute approximate surface area is 186 Å². The number of nitrogens with one attached hydrogen (secondary N) is 1. The minimum absolute atomic E-state index is 0.158. The molecule has 7 heteroatoms. The third-order valence-corrected chi connectivity index (χ3v) is 8.34. The molecule has 3 heterocycles. The van der Waals surface area contributed by atoms with Gasteiger partial charge in [-0.3, -0.25) is 9.89 Å². The molecule has 2 bridgehead atoms. The Bertz CT molecular complexity index is 1240. The molecule has 1 aromatic carbocycles. The minimum Gasteiger partial charge on any atom is -0.340 e. The molecule has 3 aliphatic rings. The molecule has 164 valence electrons. The summed E-state index contributed by atoms with van der Waals surface area (Å²) < 4.78 is 14.4. The predicted molar refractivity (Wildman–Crippen MR) is 118 cm³/mol. The minimum atomic E-state index is -0.665. The van der Waals surface area contributed by atoms with Crippen LogP contribution in [0.1, 0.15) is 61.0 Å². The van der Waals surface area contributed by atoms with Crippen molar-refractivity contribution in [2.45, 2.75) is 50.9 Å². The lowest BCUT2D eigenvalue weighted by Gasteiger charge is -2.46. The van der Waals surface area contributed by atoms with Gasteiger partial charge in [0.05, 0.1) is 23.0 Å². The zero-order valence-electron chi connectivity index (χ0n) is 18.5. The van der Waals surface area contributed by atoms with E-state index in [9.17, 15) is 9.18 Å². The first kappa shape index (κ1) is 19.6. The van der Waals surface area contributed by atoms with E-state index in [-0.39, 0.29) is 23.1 Å². The first-order valence-corrected chi connectivity index (χ1v) is 11.3. The molecule has 1 unspecified atom stereocenters. The van der Waals surface area contributed by atoms with Gasteiger partial charge in [0.15, 0.2) is 0 Å². The molecule has 0 spiro atoms. The summed E-state index contributed by atoms with van der Waals surface area (Å²) in [6.07, 6.45) is 3.55. The number of carbonyl (C=O) groups is 1. The van der Waals surface area contributed by atoms with Gasteiger partial charge < -0.3 is 4.90 Å². The summed E-state index contributed by atoms with van der Waals surface area (Å²) in [5, 5.41) is 16.2. The summed E-state index contributed by atoms with van der Waals surface area (Å²) >= 11 is 0. The molecule has 1 saturated heterocycles. The molecule has 2 fully saturated rings. The standard InChI is InChI=1S/C25H26FN5O/c1-14-11-27-29-21(14)15-12-31(13-15)23(32)25-9-8-18(24(25,2)3)17-10-20(28-30-22(17)25)16-6-4-5-7-19(16)26/h4-7,10-11,15,18H,8-9,12-13H2,1-3H3,(H,27,29)/t18?,25-/m0/s1. The van der Waals surface area contributed by atoms with E-state index in [0.29, 0.717) is 30.3 Å². The Morgan fingerprint density at radius 2 is 2.00 bits per heavy atom. The zero-order valence-corrected chi connectivity index (χ0v) is 18.5. The molecule has 2 aliphatic carbocycles. The number of aryl methyl sites for hydroxylation is 1. The summed E-state index contributed by atoms with van der Waals surface area (Å²) in [7, 11) is 0. The number of aromatic nitrogens is 4. The fourth-order valence-electron chi connectivity index (χ4n) is 6.46. The van der Waals surface area contributed by atoms with E-state index in [1.54, 1.807) is 18.2 Å². The van der Waals surface area contributed by atoms with Crippen molar-refractivity contribution < 1.29 is 9.18 Å². The Kier molecular flexibility index (Phi) is 3.96. The van der Waals surface area contributed by atoms with Gasteiger partial charge >= 0.3 is 0 Å². The first-order chi connectivity index (χ1) is 15.3. The van der Waals surface area contributed by atoms with E-state index in [1.165, 1.54) is 6.07 Å². The van der Waals surface area contributed by atoms with Crippen molar-refractivity contribution in [1.82, 2.24) is 25.3 Å². The topological polar surface area (TPSA) is 74.8 Å². The second-order valence-corrected chi connectivity index (χ2v) is 10.1.